The van der Waals surface area contributed by atoms with Gasteiger partial charge < -0.3 is 15.8 Å². The van der Waals surface area contributed by atoms with Crippen molar-refractivity contribution < 1.29 is 17.9 Å². The minimum absolute atomic E-state index is 0.120. The Hall–Kier alpha value is -3.37. The second kappa shape index (κ2) is 6.50. The van der Waals surface area contributed by atoms with E-state index in [0.717, 1.165) is 0 Å². The molecular weight excluding hydrogens is 351 g/mol. The number of nitrogens with one attached hydrogen (secondary N) is 1. The molecule has 2 aromatic heterocycles. The van der Waals surface area contributed by atoms with E-state index in [1.54, 1.807) is 6.07 Å². The molecule has 26 heavy (non-hydrogen) atoms. The first-order valence-corrected chi connectivity index (χ1v) is 7.31. The molecule has 0 radical (unpaired) electrons. The molecule has 11 heteroatoms. The third-order valence-corrected chi connectivity index (χ3v) is 3.57. The largest absolute Gasteiger partial charge is 0.496 e. The van der Waals surface area contributed by atoms with E-state index in [2.05, 4.69) is 25.4 Å². The van der Waals surface area contributed by atoms with Gasteiger partial charge in [-0.2, -0.15) is 23.3 Å². The summed E-state index contributed by atoms with van der Waals surface area (Å²) < 4.78 is 47.6. The Labute approximate surface area is 145 Å². The van der Waals surface area contributed by atoms with Gasteiger partial charge in [-0.1, -0.05) is 0 Å². The number of alkyl halides is 3. The number of anilines is 2. The van der Waals surface area contributed by atoms with Gasteiger partial charge in [-0.15, -0.1) is 0 Å². The van der Waals surface area contributed by atoms with Gasteiger partial charge in [-0.25, -0.2) is 14.6 Å². The van der Waals surface area contributed by atoms with Gasteiger partial charge in [-0.05, 0) is 12.1 Å². The van der Waals surface area contributed by atoms with E-state index in [1.165, 1.54) is 43.6 Å². The van der Waals surface area contributed by atoms with Crippen molar-refractivity contribution in [3.63, 3.8) is 0 Å². The molecule has 0 bridgehead atoms. The van der Waals surface area contributed by atoms with Gasteiger partial charge in [0.15, 0.2) is 0 Å². The number of nitrogens with zero attached hydrogens (tertiary/aromatic N) is 5. The van der Waals surface area contributed by atoms with Gasteiger partial charge in [0, 0.05) is 18.7 Å². The number of nitrogen functional groups attached to an aromatic ring is 1. The van der Waals surface area contributed by atoms with Crippen molar-refractivity contribution in [3.05, 3.63) is 36.4 Å². The predicted octanol–water partition coefficient (Wildman–Crippen LogP) is 2.38. The lowest BCUT2D eigenvalue weighted by Gasteiger charge is -2.18. The molecule has 1 aromatic carbocycles. The van der Waals surface area contributed by atoms with Crippen LogP contribution in [0.15, 0.2) is 30.9 Å². The quantitative estimate of drug-likeness (QED) is 0.731. The molecule has 3 rings (SSSR count). The zero-order valence-corrected chi connectivity index (χ0v) is 13.7. The van der Waals surface area contributed by atoms with E-state index in [-0.39, 0.29) is 23.0 Å². The van der Waals surface area contributed by atoms with Crippen LogP contribution in [0.25, 0.3) is 16.9 Å². The van der Waals surface area contributed by atoms with Crippen LogP contribution >= 0.6 is 0 Å². The zero-order valence-electron chi connectivity index (χ0n) is 13.7. The molecule has 136 valence electrons. The van der Waals surface area contributed by atoms with Gasteiger partial charge in [0.05, 0.1) is 18.5 Å². The van der Waals surface area contributed by atoms with Crippen molar-refractivity contribution in [2.75, 3.05) is 25.2 Å². The molecule has 0 saturated heterocycles. The first-order valence-electron chi connectivity index (χ1n) is 7.31. The molecule has 0 saturated carbocycles. The van der Waals surface area contributed by atoms with E-state index >= 15 is 0 Å². The third-order valence-electron chi connectivity index (χ3n) is 3.57. The van der Waals surface area contributed by atoms with E-state index < -0.39 is 17.6 Å². The Balaban J connectivity index is 2.25. The minimum Gasteiger partial charge on any atom is -0.496 e. The average Bonchev–Trinajstić information content (AvgIpc) is 3.13. The van der Waals surface area contributed by atoms with Crippen LogP contribution in [0.4, 0.5) is 24.9 Å². The molecule has 0 aliphatic carbocycles. The highest BCUT2D eigenvalue weighted by molar-refractivity contribution is 5.76. The van der Waals surface area contributed by atoms with Crippen LogP contribution in [0.5, 0.6) is 5.75 Å². The van der Waals surface area contributed by atoms with E-state index in [1.807, 2.05) is 0 Å². The molecule has 0 aliphatic rings. The Morgan fingerprint density at radius 2 is 2.00 bits per heavy atom. The molecule has 8 nitrogen and oxygen atoms in total. The predicted molar refractivity (Wildman–Crippen MR) is 87.9 cm³/mol. The van der Waals surface area contributed by atoms with Crippen molar-refractivity contribution >= 4 is 11.8 Å². The molecule has 2 heterocycles. The Morgan fingerprint density at radius 1 is 1.23 bits per heavy atom. The average molecular weight is 365 g/mol. The van der Waals surface area contributed by atoms with Crippen molar-refractivity contribution in [2.24, 2.45) is 0 Å². The van der Waals surface area contributed by atoms with Crippen LogP contribution in [0.3, 0.4) is 0 Å². The number of halogens is 3. The van der Waals surface area contributed by atoms with Crippen molar-refractivity contribution in [1.29, 1.82) is 0 Å². The summed E-state index contributed by atoms with van der Waals surface area (Å²) >= 11 is 0. The third kappa shape index (κ3) is 3.10. The summed E-state index contributed by atoms with van der Waals surface area (Å²) in [5.74, 6) is -0.536. The lowest BCUT2D eigenvalue weighted by molar-refractivity contribution is -0.136. The normalized spacial score (nSPS) is 11.4. The second-order valence-corrected chi connectivity index (χ2v) is 5.13. The summed E-state index contributed by atoms with van der Waals surface area (Å²) in [6.07, 6.45) is -1.90. The Morgan fingerprint density at radius 3 is 2.58 bits per heavy atom. The Kier molecular flexibility index (Phi) is 4.36. The lowest BCUT2D eigenvalue weighted by Crippen LogP contribution is -2.15. The molecule has 0 aliphatic heterocycles. The fourth-order valence-corrected chi connectivity index (χ4v) is 2.48. The summed E-state index contributed by atoms with van der Waals surface area (Å²) in [7, 11) is 2.67. The molecular formula is C15H14F3N7O. The van der Waals surface area contributed by atoms with Gasteiger partial charge in [0.1, 0.15) is 29.8 Å². The van der Waals surface area contributed by atoms with E-state index in [9.17, 15) is 13.2 Å². The van der Waals surface area contributed by atoms with Crippen molar-refractivity contribution in [3.8, 4) is 22.7 Å². The highest BCUT2D eigenvalue weighted by Gasteiger charge is 2.39. The van der Waals surface area contributed by atoms with Gasteiger partial charge >= 0.3 is 6.18 Å². The molecule has 0 amide bonds. The van der Waals surface area contributed by atoms with Crippen molar-refractivity contribution in [2.45, 2.75) is 6.18 Å². The van der Waals surface area contributed by atoms with E-state index in [4.69, 9.17) is 10.5 Å². The number of ether oxygens (including phenoxy) is 1. The summed E-state index contributed by atoms with van der Waals surface area (Å²) in [6.45, 7) is 0. The fraction of sp³-hybridized carbons (Fsp3) is 0.200. The van der Waals surface area contributed by atoms with E-state index in [0.29, 0.717) is 5.69 Å². The number of hydrogen-bond donors (Lipinski definition) is 2. The maximum Gasteiger partial charge on any atom is 0.422 e. The smallest absolute Gasteiger partial charge is 0.422 e. The number of methoxy groups -OCH3 is 1. The van der Waals surface area contributed by atoms with Gasteiger partial charge in [0.2, 0.25) is 5.95 Å². The minimum atomic E-state index is -4.70. The van der Waals surface area contributed by atoms with Gasteiger partial charge in [-0.3, -0.25) is 0 Å². The monoisotopic (exact) mass is 365 g/mol. The standard InChI is InChI=1S/C15H14F3N7O/c1-20-13-11(15(16,17)18)12(23-14(19)24-13)9-4-3-8(5-10(9)26-2)25-7-21-6-22-25/h3-7H,1-2H3,(H3,19,20,23,24). The molecule has 0 fully saturated rings. The number of nitrogens with two attached hydrogens (primary N) is 1. The summed E-state index contributed by atoms with van der Waals surface area (Å²) in [6, 6.07) is 4.55. The summed E-state index contributed by atoms with van der Waals surface area (Å²) in [5, 5.41) is 6.39. The van der Waals surface area contributed by atoms with Crippen molar-refractivity contribution in [1.82, 2.24) is 24.7 Å². The highest BCUT2D eigenvalue weighted by atomic mass is 19.4. The van der Waals surface area contributed by atoms with Crippen LogP contribution in [0.2, 0.25) is 0 Å². The highest BCUT2D eigenvalue weighted by Crippen LogP contribution is 2.43. The van der Waals surface area contributed by atoms with Crippen LogP contribution in [0, 0.1) is 0 Å². The summed E-state index contributed by atoms with van der Waals surface area (Å²) in [5.41, 5.74) is 4.87. The first-order chi connectivity index (χ1) is 12.3. The molecule has 0 atom stereocenters. The van der Waals surface area contributed by atoms with Crippen LogP contribution < -0.4 is 15.8 Å². The maximum absolute atomic E-state index is 13.6. The number of hydrogen-bond acceptors (Lipinski definition) is 7. The second-order valence-electron chi connectivity index (χ2n) is 5.13. The molecule has 3 N–H and O–H groups in total. The SMILES string of the molecule is CNc1nc(N)nc(-c2ccc(-n3cncn3)cc2OC)c1C(F)(F)F. The zero-order chi connectivity index (χ0) is 18.9. The molecule has 0 unspecified atom stereocenters. The number of benzene rings is 1. The topological polar surface area (TPSA) is 104 Å². The lowest BCUT2D eigenvalue weighted by atomic mass is 10.0. The first kappa shape index (κ1) is 17.5. The van der Waals surface area contributed by atoms with Crippen LogP contribution in [-0.4, -0.2) is 38.9 Å². The fourth-order valence-electron chi connectivity index (χ4n) is 2.48. The number of rotatable bonds is 4. The molecule has 3 aromatic rings. The maximum atomic E-state index is 13.6. The number of aromatic nitrogens is 5. The Bertz CT molecular complexity index is 926. The molecule has 0 spiro atoms. The van der Waals surface area contributed by atoms with Crippen LogP contribution in [0.1, 0.15) is 5.56 Å². The van der Waals surface area contributed by atoms with Crippen LogP contribution in [-0.2, 0) is 6.18 Å². The summed E-state index contributed by atoms with van der Waals surface area (Å²) in [4.78, 5) is 11.3. The van der Waals surface area contributed by atoms with Gasteiger partial charge in [0.25, 0.3) is 0 Å².